The van der Waals surface area contributed by atoms with Crippen molar-refractivity contribution in [3.05, 3.63) is 14.5 Å². The molecule has 5 nitrogen and oxygen atoms in total. The molecule has 0 atom stereocenters. The first-order valence-electron chi connectivity index (χ1n) is 10.1. The Kier molecular flexibility index (Phi) is 7.20. The molecule has 0 unspecified atom stereocenters. The fraction of sp³-hybridized carbons (Fsp3) is 0.800. The quantitative estimate of drug-likeness (QED) is 0.706. The zero-order chi connectivity index (χ0) is 19.4. The molecule has 1 aliphatic carbocycles. The third-order valence-electron chi connectivity index (χ3n) is 5.49. The summed E-state index contributed by atoms with van der Waals surface area (Å²) in [6.45, 7) is 9.17. The van der Waals surface area contributed by atoms with Crippen LogP contribution in [0.4, 0.5) is 4.79 Å². The van der Waals surface area contributed by atoms with Gasteiger partial charge in [-0.15, -0.1) is 11.3 Å². The average molecular weight is 458 g/mol. The lowest BCUT2D eigenvalue weighted by Crippen LogP contribution is -2.41. The number of nitrogens with one attached hydrogen (secondary N) is 1. The van der Waals surface area contributed by atoms with E-state index in [1.165, 1.54) is 36.4 Å². The molecule has 0 radical (unpaired) electrons. The minimum atomic E-state index is -0.427. The van der Waals surface area contributed by atoms with Crippen molar-refractivity contribution in [3.8, 4) is 0 Å². The number of rotatable bonds is 4. The summed E-state index contributed by atoms with van der Waals surface area (Å²) >= 11 is 5.30. The standard InChI is InChI=1S/C20H32BrN3O2S/c1-20(2,3)26-19(25)22-15-6-4-14(5-7-15)8-11-24-12-9-16-17(10-13-24)27-18(21)23-16/h14-15H,4-13H2,1-3H3,(H,22,25). The zero-order valence-corrected chi connectivity index (χ0v) is 19.1. The monoisotopic (exact) mass is 457 g/mol. The van der Waals surface area contributed by atoms with E-state index in [9.17, 15) is 4.79 Å². The van der Waals surface area contributed by atoms with Crippen molar-refractivity contribution in [2.24, 2.45) is 5.92 Å². The maximum atomic E-state index is 11.9. The van der Waals surface area contributed by atoms with Crippen LogP contribution in [0.15, 0.2) is 3.92 Å². The molecular formula is C20H32BrN3O2S. The van der Waals surface area contributed by atoms with Gasteiger partial charge in [0.2, 0.25) is 0 Å². The van der Waals surface area contributed by atoms with Crippen molar-refractivity contribution in [3.63, 3.8) is 0 Å². The first-order valence-corrected chi connectivity index (χ1v) is 11.8. The number of fused-ring (bicyclic) bond motifs is 1. The number of nitrogens with zero attached hydrogens (tertiary/aromatic N) is 2. The Hall–Kier alpha value is -0.660. The summed E-state index contributed by atoms with van der Waals surface area (Å²) < 4.78 is 6.40. The Morgan fingerprint density at radius 1 is 1.26 bits per heavy atom. The fourth-order valence-corrected chi connectivity index (χ4v) is 5.65. The number of carbonyl (C=O) groups excluding carboxylic acids is 1. The Morgan fingerprint density at radius 3 is 2.67 bits per heavy atom. The number of hydrogen-bond acceptors (Lipinski definition) is 5. The highest BCUT2D eigenvalue weighted by atomic mass is 79.9. The zero-order valence-electron chi connectivity index (χ0n) is 16.7. The lowest BCUT2D eigenvalue weighted by atomic mass is 9.84. The minimum absolute atomic E-state index is 0.273. The van der Waals surface area contributed by atoms with Crippen molar-refractivity contribution < 1.29 is 9.53 Å². The van der Waals surface area contributed by atoms with E-state index in [4.69, 9.17) is 4.74 Å². The Balaban J connectivity index is 1.34. The molecular weight excluding hydrogens is 426 g/mol. The van der Waals surface area contributed by atoms with Crippen molar-refractivity contribution in [2.45, 2.75) is 77.4 Å². The topological polar surface area (TPSA) is 54.5 Å². The van der Waals surface area contributed by atoms with Crippen molar-refractivity contribution in [2.75, 3.05) is 19.6 Å². The van der Waals surface area contributed by atoms with Gasteiger partial charge in [-0.1, -0.05) is 0 Å². The van der Waals surface area contributed by atoms with E-state index in [0.717, 1.165) is 48.6 Å². The molecule has 1 amide bonds. The molecule has 27 heavy (non-hydrogen) atoms. The number of ether oxygens (including phenoxy) is 1. The third kappa shape index (κ3) is 6.71. The molecule has 2 aliphatic rings. The van der Waals surface area contributed by atoms with Gasteiger partial charge in [0.05, 0.1) is 5.69 Å². The van der Waals surface area contributed by atoms with Crippen LogP contribution in [0.5, 0.6) is 0 Å². The van der Waals surface area contributed by atoms with E-state index in [0.29, 0.717) is 0 Å². The van der Waals surface area contributed by atoms with Gasteiger partial charge in [0.25, 0.3) is 0 Å². The summed E-state index contributed by atoms with van der Waals surface area (Å²) in [5, 5.41) is 3.04. The normalized spacial score (nSPS) is 24.1. The second kappa shape index (κ2) is 9.23. The highest BCUT2D eigenvalue weighted by molar-refractivity contribution is 9.11. The molecule has 3 rings (SSSR count). The molecule has 0 saturated heterocycles. The third-order valence-corrected chi connectivity index (χ3v) is 7.10. The van der Waals surface area contributed by atoms with Gasteiger partial charge in [-0.3, -0.25) is 0 Å². The average Bonchev–Trinajstić information content (AvgIpc) is 2.83. The molecule has 7 heteroatoms. The van der Waals surface area contributed by atoms with E-state index in [1.807, 2.05) is 20.8 Å². The predicted octanol–water partition coefficient (Wildman–Crippen LogP) is 4.78. The van der Waals surface area contributed by atoms with Gasteiger partial charge in [0.15, 0.2) is 3.92 Å². The minimum Gasteiger partial charge on any atom is -0.444 e. The molecule has 2 heterocycles. The molecule has 1 aromatic rings. The van der Waals surface area contributed by atoms with Crippen LogP contribution in [0.25, 0.3) is 0 Å². The summed E-state index contributed by atoms with van der Waals surface area (Å²) in [5.74, 6) is 0.784. The van der Waals surface area contributed by atoms with E-state index >= 15 is 0 Å². The molecule has 1 N–H and O–H groups in total. The van der Waals surface area contributed by atoms with Gasteiger partial charge in [0.1, 0.15) is 5.60 Å². The first-order chi connectivity index (χ1) is 12.8. The number of carbonyl (C=O) groups is 1. The van der Waals surface area contributed by atoms with Crippen LogP contribution < -0.4 is 5.32 Å². The van der Waals surface area contributed by atoms with E-state index < -0.39 is 5.60 Å². The van der Waals surface area contributed by atoms with Crippen molar-refractivity contribution in [1.29, 1.82) is 0 Å². The van der Waals surface area contributed by atoms with Crippen molar-refractivity contribution >= 4 is 33.4 Å². The van der Waals surface area contributed by atoms with Crippen LogP contribution in [0, 0.1) is 5.92 Å². The smallest absolute Gasteiger partial charge is 0.407 e. The fourth-order valence-electron chi connectivity index (χ4n) is 4.04. The molecule has 0 spiro atoms. The van der Waals surface area contributed by atoms with Gasteiger partial charge in [-0.25, -0.2) is 9.78 Å². The van der Waals surface area contributed by atoms with Crippen LogP contribution in [0.1, 0.15) is 63.4 Å². The molecule has 0 aromatic carbocycles. The second-order valence-electron chi connectivity index (χ2n) is 8.83. The first kappa shape index (κ1) is 21.1. The number of hydrogen-bond donors (Lipinski definition) is 1. The van der Waals surface area contributed by atoms with Gasteiger partial charge in [-0.05, 0) is 87.7 Å². The van der Waals surface area contributed by atoms with Gasteiger partial charge in [0, 0.05) is 30.4 Å². The number of thiazole rings is 1. The largest absolute Gasteiger partial charge is 0.444 e. The van der Waals surface area contributed by atoms with Gasteiger partial charge >= 0.3 is 6.09 Å². The summed E-state index contributed by atoms with van der Waals surface area (Å²) in [6, 6.07) is 0.273. The summed E-state index contributed by atoms with van der Waals surface area (Å²) in [6.07, 6.45) is 7.74. The predicted molar refractivity (Wildman–Crippen MR) is 113 cm³/mol. The highest BCUT2D eigenvalue weighted by Crippen LogP contribution is 2.29. The number of halogens is 1. The maximum Gasteiger partial charge on any atom is 0.407 e. The highest BCUT2D eigenvalue weighted by Gasteiger charge is 2.25. The molecule has 152 valence electrons. The van der Waals surface area contributed by atoms with Crippen LogP contribution >= 0.6 is 27.3 Å². The molecule has 1 aromatic heterocycles. The lowest BCUT2D eigenvalue weighted by molar-refractivity contribution is 0.0486. The SMILES string of the molecule is CC(C)(C)OC(=O)NC1CCC(CCN2CCc3nc(Br)sc3CC2)CC1. The molecule has 1 saturated carbocycles. The van der Waals surface area contributed by atoms with Crippen LogP contribution in [0.3, 0.4) is 0 Å². The van der Waals surface area contributed by atoms with Gasteiger partial charge < -0.3 is 15.0 Å². The lowest BCUT2D eigenvalue weighted by Gasteiger charge is -2.31. The summed E-state index contributed by atoms with van der Waals surface area (Å²) in [5.41, 5.74) is 0.867. The number of aromatic nitrogens is 1. The number of alkyl carbamates (subject to hydrolysis) is 1. The van der Waals surface area contributed by atoms with E-state index in [2.05, 4.69) is 31.1 Å². The van der Waals surface area contributed by atoms with Crippen LogP contribution in [0.2, 0.25) is 0 Å². The Bertz CT molecular complexity index is 610. The molecule has 1 aliphatic heterocycles. The molecule has 0 bridgehead atoms. The second-order valence-corrected chi connectivity index (χ2v) is 11.2. The molecule has 1 fully saturated rings. The van der Waals surface area contributed by atoms with Gasteiger partial charge in [-0.2, -0.15) is 0 Å². The van der Waals surface area contributed by atoms with E-state index in [-0.39, 0.29) is 12.1 Å². The van der Waals surface area contributed by atoms with E-state index in [1.54, 1.807) is 11.3 Å². The number of amides is 1. The van der Waals surface area contributed by atoms with Crippen LogP contribution in [-0.2, 0) is 17.6 Å². The summed E-state index contributed by atoms with van der Waals surface area (Å²) in [4.78, 5) is 20.6. The maximum absolute atomic E-state index is 11.9. The summed E-state index contributed by atoms with van der Waals surface area (Å²) in [7, 11) is 0. The Morgan fingerprint density at radius 2 is 1.96 bits per heavy atom. The van der Waals surface area contributed by atoms with Crippen LogP contribution in [-0.4, -0.2) is 47.3 Å². The van der Waals surface area contributed by atoms with Crippen molar-refractivity contribution in [1.82, 2.24) is 15.2 Å². The Labute approximate surface area is 175 Å².